The first-order valence-electron chi connectivity index (χ1n) is 5.98. The fraction of sp³-hybridized carbons (Fsp3) is 0.462. The van der Waals surface area contributed by atoms with Crippen molar-refractivity contribution in [1.29, 1.82) is 0 Å². The summed E-state index contributed by atoms with van der Waals surface area (Å²) in [6, 6.07) is 5.16. The molecule has 5 nitrogen and oxygen atoms in total. The molecule has 1 aliphatic heterocycles. The number of nitrogens with two attached hydrogens (primary N) is 1. The van der Waals surface area contributed by atoms with Crippen LogP contribution in [0.15, 0.2) is 18.2 Å². The Labute approximate surface area is 106 Å². The molecule has 1 saturated heterocycles. The van der Waals surface area contributed by atoms with E-state index in [9.17, 15) is 4.79 Å². The van der Waals surface area contributed by atoms with Gasteiger partial charge in [-0.15, -0.1) is 0 Å². The maximum atomic E-state index is 12.0. The van der Waals surface area contributed by atoms with E-state index in [1.807, 2.05) is 6.92 Å². The fourth-order valence-electron chi connectivity index (χ4n) is 2.02. The van der Waals surface area contributed by atoms with Crippen LogP contribution in [0.1, 0.15) is 13.3 Å². The van der Waals surface area contributed by atoms with E-state index in [4.69, 9.17) is 15.2 Å². The molecule has 0 aromatic heterocycles. The smallest absolute Gasteiger partial charge is 0.253 e. The van der Waals surface area contributed by atoms with Gasteiger partial charge in [0.25, 0.3) is 5.91 Å². The third-order valence-electron chi connectivity index (χ3n) is 3.16. The Balaban J connectivity index is 2.07. The Bertz CT molecular complexity index is 448. The Morgan fingerprint density at radius 1 is 1.56 bits per heavy atom. The SMILES string of the molecule is COc1ccc(NC(=O)C2OCCC2C)c(N)c1. The van der Waals surface area contributed by atoms with Crippen molar-refractivity contribution in [2.75, 3.05) is 24.8 Å². The summed E-state index contributed by atoms with van der Waals surface area (Å²) in [4.78, 5) is 12.0. The van der Waals surface area contributed by atoms with Crippen molar-refractivity contribution in [3.05, 3.63) is 18.2 Å². The Morgan fingerprint density at radius 2 is 2.33 bits per heavy atom. The molecular weight excluding hydrogens is 232 g/mol. The minimum atomic E-state index is -0.383. The zero-order valence-corrected chi connectivity index (χ0v) is 10.6. The molecule has 2 unspecified atom stereocenters. The quantitative estimate of drug-likeness (QED) is 0.800. The van der Waals surface area contributed by atoms with Gasteiger partial charge in [-0.3, -0.25) is 4.79 Å². The standard InChI is InChI=1S/C13H18N2O3/c1-8-5-6-18-12(8)13(16)15-11-4-3-9(17-2)7-10(11)14/h3-4,7-8,12H,5-6,14H2,1-2H3,(H,15,16). The summed E-state index contributed by atoms with van der Waals surface area (Å²) < 4.78 is 10.5. The molecule has 1 aliphatic rings. The molecule has 0 bridgehead atoms. The zero-order chi connectivity index (χ0) is 13.1. The van der Waals surface area contributed by atoms with Crippen LogP contribution in [-0.2, 0) is 9.53 Å². The molecule has 1 aromatic rings. The van der Waals surface area contributed by atoms with Gasteiger partial charge >= 0.3 is 0 Å². The highest BCUT2D eigenvalue weighted by molar-refractivity contribution is 5.97. The van der Waals surface area contributed by atoms with Crippen molar-refractivity contribution < 1.29 is 14.3 Å². The van der Waals surface area contributed by atoms with Crippen LogP contribution in [0.4, 0.5) is 11.4 Å². The average Bonchev–Trinajstić information content (AvgIpc) is 2.78. The number of ether oxygens (including phenoxy) is 2. The number of rotatable bonds is 3. The highest BCUT2D eigenvalue weighted by Crippen LogP contribution is 2.26. The van der Waals surface area contributed by atoms with E-state index >= 15 is 0 Å². The van der Waals surface area contributed by atoms with Gasteiger partial charge < -0.3 is 20.5 Å². The van der Waals surface area contributed by atoms with E-state index in [-0.39, 0.29) is 17.9 Å². The third-order valence-corrected chi connectivity index (χ3v) is 3.16. The molecule has 2 rings (SSSR count). The van der Waals surface area contributed by atoms with Crippen molar-refractivity contribution in [2.24, 2.45) is 5.92 Å². The van der Waals surface area contributed by atoms with E-state index in [1.165, 1.54) is 0 Å². The van der Waals surface area contributed by atoms with Gasteiger partial charge in [-0.25, -0.2) is 0 Å². The van der Waals surface area contributed by atoms with Crippen molar-refractivity contribution in [3.8, 4) is 5.75 Å². The summed E-state index contributed by atoms with van der Waals surface area (Å²) in [5.41, 5.74) is 6.91. The van der Waals surface area contributed by atoms with Crippen molar-refractivity contribution in [1.82, 2.24) is 0 Å². The molecule has 98 valence electrons. The van der Waals surface area contributed by atoms with Gasteiger partial charge in [-0.2, -0.15) is 0 Å². The van der Waals surface area contributed by atoms with Crippen LogP contribution in [0.5, 0.6) is 5.75 Å². The van der Waals surface area contributed by atoms with Crippen LogP contribution in [0.25, 0.3) is 0 Å². The van der Waals surface area contributed by atoms with Crippen molar-refractivity contribution in [3.63, 3.8) is 0 Å². The van der Waals surface area contributed by atoms with Gasteiger partial charge in [0.05, 0.1) is 18.5 Å². The topological polar surface area (TPSA) is 73.6 Å². The second kappa shape index (κ2) is 5.27. The predicted octanol–water partition coefficient (Wildman–Crippen LogP) is 1.64. The minimum absolute atomic E-state index is 0.142. The number of hydrogen-bond donors (Lipinski definition) is 2. The summed E-state index contributed by atoms with van der Waals surface area (Å²) in [6.45, 7) is 2.64. The number of nitrogens with one attached hydrogen (secondary N) is 1. The van der Waals surface area contributed by atoms with Crippen LogP contribution >= 0.6 is 0 Å². The predicted molar refractivity (Wildman–Crippen MR) is 69.6 cm³/mol. The number of nitrogen functional groups attached to an aromatic ring is 1. The normalized spacial score (nSPS) is 22.8. The molecule has 1 fully saturated rings. The molecule has 3 N–H and O–H groups in total. The molecule has 18 heavy (non-hydrogen) atoms. The summed E-state index contributed by atoms with van der Waals surface area (Å²) >= 11 is 0. The molecule has 0 spiro atoms. The molecular formula is C13H18N2O3. The Kier molecular flexibility index (Phi) is 3.72. The van der Waals surface area contributed by atoms with Gasteiger partial charge in [0.1, 0.15) is 11.9 Å². The first-order chi connectivity index (χ1) is 8.61. The van der Waals surface area contributed by atoms with Crippen LogP contribution in [0, 0.1) is 5.92 Å². The molecule has 2 atom stereocenters. The molecule has 1 aromatic carbocycles. The molecule has 0 radical (unpaired) electrons. The van der Waals surface area contributed by atoms with Gasteiger partial charge in [0, 0.05) is 12.7 Å². The van der Waals surface area contributed by atoms with Crippen LogP contribution in [-0.4, -0.2) is 25.7 Å². The molecule has 0 saturated carbocycles. The number of methoxy groups -OCH3 is 1. The van der Waals surface area contributed by atoms with Gasteiger partial charge in [-0.05, 0) is 24.5 Å². The average molecular weight is 250 g/mol. The van der Waals surface area contributed by atoms with Crippen LogP contribution in [0.3, 0.4) is 0 Å². The van der Waals surface area contributed by atoms with Gasteiger partial charge in [0.15, 0.2) is 0 Å². The lowest BCUT2D eigenvalue weighted by molar-refractivity contribution is -0.126. The molecule has 1 heterocycles. The van der Waals surface area contributed by atoms with E-state index in [2.05, 4.69) is 5.32 Å². The lowest BCUT2D eigenvalue weighted by Gasteiger charge is -2.15. The third kappa shape index (κ3) is 2.56. The highest BCUT2D eigenvalue weighted by atomic mass is 16.5. The summed E-state index contributed by atoms with van der Waals surface area (Å²) in [5.74, 6) is 0.761. The van der Waals surface area contributed by atoms with Crippen LogP contribution in [0.2, 0.25) is 0 Å². The Hall–Kier alpha value is -1.75. The largest absolute Gasteiger partial charge is 0.497 e. The lowest BCUT2D eigenvalue weighted by Crippen LogP contribution is -2.31. The summed E-state index contributed by atoms with van der Waals surface area (Å²) in [7, 11) is 1.57. The first-order valence-corrected chi connectivity index (χ1v) is 5.98. The molecule has 1 amide bonds. The van der Waals surface area contributed by atoms with Crippen molar-refractivity contribution >= 4 is 17.3 Å². The highest BCUT2D eigenvalue weighted by Gasteiger charge is 2.31. The zero-order valence-electron chi connectivity index (χ0n) is 10.6. The minimum Gasteiger partial charge on any atom is -0.497 e. The van der Waals surface area contributed by atoms with Gasteiger partial charge in [0.2, 0.25) is 0 Å². The maximum absolute atomic E-state index is 12.0. The second-order valence-electron chi connectivity index (χ2n) is 4.50. The number of hydrogen-bond acceptors (Lipinski definition) is 4. The number of carbonyl (C=O) groups is 1. The van der Waals surface area contributed by atoms with E-state index in [0.717, 1.165) is 6.42 Å². The number of carbonyl (C=O) groups excluding carboxylic acids is 1. The summed E-state index contributed by atoms with van der Waals surface area (Å²) in [5, 5.41) is 2.79. The number of benzene rings is 1. The second-order valence-corrected chi connectivity index (χ2v) is 4.50. The number of amides is 1. The molecule has 5 heteroatoms. The van der Waals surface area contributed by atoms with Gasteiger partial charge in [-0.1, -0.05) is 6.92 Å². The van der Waals surface area contributed by atoms with E-state index in [0.29, 0.717) is 23.7 Å². The number of anilines is 2. The maximum Gasteiger partial charge on any atom is 0.253 e. The Morgan fingerprint density at radius 3 is 2.89 bits per heavy atom. The fourth-order valence-corrected chi connectivity index (χ4v) is 2.02. The van der Waals surface area contributed by atoms with E-state index < -0.39 is 0 Å². The monoisotopic (exact) mass is 250 g/mol. The van der Waals surface area contributed by atoms with Crippen molar-refractivity contribution in [2.45, 2.75) is 19.4 Å². The lowest BCUT2D eigenvalue weighted by atomic mass is 10.0. The van der Waals surface area contributed by atoms with E-state index in [1.54, 1.807) is 25.3 Å². The summed E-state index contributed by atoms with van der Waals surface area (Å²) in [6.07, 6.45) is 0.530. The molecule has 0 aliphatic carbocycles. The van der Waals surface area contributed by atoms with Crippen LogP contribution < -0.4 is 15.8 Å². The first kappa shape index (κ1) is 12.7.